The molecule has 0 saturated carbocycles. The predicted molar refractivity (Wildman–Crippen MR) is 72.5 cm³/mol. The summed E-state index contributed by atoms with van der Waals surface area (Å²) in [7, 11) is 0. The van der Waals surface area contributed by atoms with Crippen LogP contribution in [0.5, 0.6) is 0 Å². The van der Waals surface area contributed by atoms with Crippen molar-refractivity contribution in [3.05, 3.63) is 35.1 Å². The Balaban J connectivity index is 2.10. The Labute approximate surface area is 114 Å². The fraction of sp³-hybridized carbons (Fsp3) is 0.600. The van der Waals surface area contributed by atoms with Crippen molar-refractivity contribution < 1.29 is 13.9 Å². The minimum Gasteiger partial charge on any atom is -0.350 e. The van der Waals surface area contributed by atoms with Gasteiger partial charge in [-0.2, -0.15) is 0 Å². The van der Waals surface area contributed by atoms with Crippen LogP contribution in [0.2, 0.25) is 0 Å². The lowest BCUT2D eigenvalue weighted by Crippen LogP contribution is -2.27. The monoisotopic (exact) mass is 267 g/mol. The molecule has 3 nitrogen and oxygen atoms in total. The summed E-state index contributed by atoms with van der Waals surface area (Å²) in [6.45, 7) is 6.31. The summed E-state index contributed by atoms with van der Waals surface area (Å²) >= 11 is 0. The molecular formula is C15H22FNO2. The molecule has 106 valence electrons. The Morgan fingerprint density at radius 3 is 2.74 bits per heavy atom. The maximum atomic E-state index is 13.2. The van der Waals surface area contributed by atoms with Crippen LogP contribution < -0.4 is 5.32 Å². The van der Waals surface area contributed by atoms with Crippen LogP contribution in [0.3, 0.4) is 0 Å². The third kappa shape index (κ3) is 4.00. The van der Waals surface area contributed by atoms with Crippen LogP contribution in [0.1, 0.15) is 36.9 Å². The van der Waals surface area contributed by atoms with E-state index in [-0.39, 0.29) is 18.1 Å². The van der Waals surface area contributed by atoms with Crippen molar-refractivity contribution in [1.29, 1.82) is 0 Å². The van der Waals surface area contributed by atoms with Gasteiger partial charge in [-0.3, -0.25) is 0 Å². The summed E-state index contributed by atoms with van der Waals surface area (Å²) < 4.78 is 24.2. The van der Waals surface area contributed by atoms with Gasteiger partial charge in [0.1, 0.15) is 5.82 Å². The maximum absolute atomic E-state index is 13.2. The molecule has 2 rings (SSSR count). The molecule has 1 N–H and O–H groups in total. The van der Waals surface area contributed by atoms with E-state index in [1.165, 1.54) is 6.07 Å². The maximum Gasteiger partial charge on any atom is 0.159 e. The van der Waals surface area contributed by atoms with E-state index < -0.39 is 0 Å². The molecule has 1 saturated heterocycles. The van der Waals surface area contributed by atoms with Gasteiger partial charge < -0.3 is 14.8 Å². The van der Waals surface area contributed by atoms with Gasteiger partial charge in [-0.25, -0.2) is 4.39 Å². The van der Waals surface area contributed by atoms with Crippen LogP contribution in [0.25, 0.3) is 0 Å². The van der Waals surface area contributed by atoms with Crippen molar-refractivity contribution in [2.75, 3.05) is 19.8 Å². The third-order valence-electron chi connectivity index (χ3n) is 3.37. The summed E-state index contributed by atoms with van der Waals surface area (Å²) in [5.41, 5.74) is 2.08. The van der Waals surface area contributed by atoms with Crippen molar-refractivity contribution in [3.63, 3.8) is 0 Å². The van der Waals surface area contributed by atoms with Crippen LogP contribution >= 0.6 is 0 Å². The van der Waals surface area contributed by atoms with E-state index in [1.54, 1.807) is 6.07 Å². The number of rotatable bonds is 6. The fourth-order valence-corrected chi connectivity index (χ4v) is 2.40. The molecule has 1 unspecified atom stereocenters. The SMILES string of the molecule is CCCNC(CC1OCCO1)c1ccc(F)cc1C. The second-order valence-corrected chi connectivity index (χ2v) is 4.91. The third-order valence-corrected chi connectivity index (χ3v) is 3.37. The largest absolute Gasteiger partial charge is 0.350 e. The van der Waals surface area contributed by atoms with E-state index >= 15 is 0 Å². The van der Waals surface area contributed by atoms with Crippen molar-refractivity contribution >= 4 is 0 Å². The number of ether oxygens (including phenoxy) is 2. The molecule has 0 amide bonds. The number of aryl methyl sites for hydroxylation is 1. The van der Waals surface area contributed by atoms with Gasteiger partial charge in [-0.05, 0) is 43.1 Å². The van der Waals surface area contributed by atoms with Gasteiger partial charge in [0.05, 0.1) is 13.2 Å². The first-order chi connectivity index (χ1) is 9.20. The zero-order valence-electron chi connectivity index (χ0n) is 11.6. The Morgan fingerprint density at radius 2 is 2.11 bits per heavy atom. The highest BCUT2D eigenvalue weighted by Gasteiger charge is 2.23. The second-order valence-electron chi connectivity index (χ2n) is 4.91. The van der Waals surface area contributed by atoms with Gasteiger partial charge in [0.15, 0.2) is 6.29 Å². The molecule has 1 aromatic carbocycles. The average Bonchev–Trinajstić information content (AvgIpc) is 2.88. The minimum atomic E-state index is -0.191. The van der Waals surface area contributed by atoms with Crippen molar-refractivity contribution in [1.82, 2.24) is 5.32 Å². The lowest BCUT2D eigenvalue weighted by atomic mass is 9.98. The molecule has 19 heavy (non-hydrogen) atoms. The van der Waals surface area contributed by atoms with Gasteiger partial charge in [-0.15, -0.1) is 0 Å². The molecular weight excluding hydrogens is 245 g/mol. The zero-order chi connectivity index (χ0) is 13.7. The molecule has 0 aromatic heterocycles. The van der Waals surface area contributed by atoms with E-state index in [1.807, 2.05) is 13.0 Å². The predicted octanol–water partition coefficient (Wildman–Crippen LogP) is 2.94. The van der Waals surface area contributed by atoms with Gasteiger partial charge in [-0.1, -0.05) is 13.0 Å². The number of halogens is 1. The summed E-state index contributed by atoms with van der Waals surface area (Å²) in [5.74, 6) is -0.191. The zero-order valence-corrected chi connectivity index (χ0v) is 11.6. The van der Waals surface area contributed by atoms with Gasteiger partial charge in [0, 0.05) is 12.5 Å². The second kappa shape index (κ2) is 6.98. The van der Waals surface area contributed by atoms with E-state index in [2.05, 4.69) is 12.2 Å². The molecule has 0 radical (unpaired) electrons. The molecule has 0 aliphatic carbocycles. The quantitative estimate of drug-likeness (QED) is 0.859. The van der Waals surface area contributed by atoms with E-state index in [0.29, 0.717) is 13.2 Å². The van der Waals surface area contributed by atoms with Gasteiger partial charge in [0.25, 0.3) is 0 Å². The first kappa shape index (κ1) is 14.4. The Hall–Kier alpha value is -0.970. The normalized spacial score (nSPS) is 17.8. The van der Waals surface area contributed by atoms with Crippen LogP contribution in [0.15, 0.2) is 18.2 Å². The van der Waals surface area contributed by atoms with Crippen LogP contribution in [0, 0.1) is 12.7 Å². The van der Waals surface area contributed by atoms with Crippen LogP contribution in [0.4, 0.5) is 4.39 Å². The topological polar surface area (TPSA) is 30.5 Å². The first-order valence-corrected chi connectivity index (χ1v) is 6.93. The smallest absolute Gasteiger partial charge is 0.159 e. The average molecular weight is 267 g/mol. The number of hydrogen-bond donors (Lipinski definition) is 1. The molecule has 0 bridgehead atoms. The number of nitrogens with one attached hydrogen (secondary N) is 1. The van der Waals surface area contributed by atoms with Crippen molar-refractivity contribution in [2.24, 2.45) is 0 Å². The van der Waals surface area contributed by atoms with E-state index in [0.717, 1.165) is 30.5 Å². The Morgan fingerprint density at radius 1 is 1.37 bits per heavy atom. The van der Waals surface area contributed by atoms with Gasteiger partial charge >= 0.3 is 0 Å². The van der Waals surface area contributed by atoms with E-state index in [9.17, 15) is 4.39 Å². The molecule has 1 aromatic rings. The van der Waals surface area contributed by atoms with Crippen molar-refractivity contribution in [3.8, 4) is 0 Å². The molecule has 1 atom stereocenters. The lowest BCUT2D eigenvalue weighted by Gasteiger charge is -2.23. The van der Waals surface area contributed by atoms with Crippen LogP contribution in [-0.4, -0.2) is 26.0 Å². The molecule has 1 heterocycles. The molecule has 0 spiro atoms. The molecule has 1 aliphatic rings. The highest BCUT2D eigenvalue weighted by Crippen LogP contribution is 2.25. The van der Waals surface area contributed by atoms with Crippen molar-refractivity contribution in [2.45, 2.75) is 39.0 Å². The minimum absolute atomic E-state index is 0.142. The fourth-order valence-electron chi connectivity index (χ4n) is 2.40. The summed E-state index contributed by atoms with van der Waals surface area (Å²) in [6.07, 6.45) is 1.66. The number of benzene rings is 1. The highest BCUT2D eigenvalue weighted by atomic mass is 19.1. The first-order valence-electron chi connectivity index (χ1n) is 6.93. The highest BCUT2D eigenvalue weighted by molar-refractivity contribution is 5.29. The van der Waals surface area contributed by atoms with E-state index in [4.69, 9.17) is 9.47 Å². The number of hydrogen-bond acceptors (Lipinski definition) is 3. The van der Waals surface area contributed by atoms with Gasteiger partial charge in [0.2, 0.25) is 0 Å². The molecule has 4 heteroatoms. The molecule has 1 aliphatic heterocycles. The lowest BCUT2D eigenvalue weighted by molar-refractivity contribution is -0.0530. The molecule has 1 fully saturated rings. The Bertz CT molecular complexity index is 405. The Kier molecular flexibility index (Phi) is 5.31. The summed E-state index contributed by atoms with van der Waals surface area (Å²) in [6, 6.07) is 5.09. The summed E-state index contributed by atoms with van der Waals surface area (Å²) in [4.78, 5) is 0. The standard InChI is InChI=1S/C15H22FNO2/c1-3-6-17-14(10-15-18-7-8-19-15)13-5-4-12(16)9-11(13)2/h4-5,9,14-15,17H,3,6-8,10H2,1-2H3. The van der Waals surface area contributed by atoms with Crippen LogP contribution in [-0.2, 0) is 9.47 Å². The summed E-state index contributed by atoms with van der Waals surface area (Å²) in [5, 5.41) is 3.49.